The summed E-state index contributed by atoms with van der Waals surface area (Å²) in [5, 5.41) is 0. The fourth-order valence-corrected chi connectivity index (χ4v) is 2.48. The van der Waals surface area contributed by atoms with Crippen molar-refractivity contribution in [1.29, 1.82) is 0 Å². The van der Waals surface area contributed by atoms with Gasteiger partial charge in [-0.1, -0.05) is 45.0 Å². The molecule has 1 aromatic carbocycles. The molecule has 85 valence electrons. The van der Waals surface area contributed by atoms with E-state index >= 15 is 0 Å². The third-order valence-corrected chi connectivity index (χ3v) is 3.71. The first kappa shape index (κ1) is 11.4. The Kier molecular flexibility index (Phi) is 3.18. The number of hydrogen-bond donors (Lipinski definition) is 0. The van der Waals surface area contributed by atoms with Crippen molar-refractivity contribution < 1.29 is 0 Å². The molecule has 0 spiro atoms. The van der Waals surface area contributed by atoms with Crippen LogP contribution in [0.3, 0.4) is 0 Å². The van der Waals surface area contributed by atoms with E-state index in [4.69, 9.17) is 0 Å². The second-order valence-electron chi connectivity index (χ2n) is 5.86. The zero-order chi connectivity index (χ0) is 11.6. The molecule has 1 aliphatic carbocycles. The van der Waals surface area contributed by atoms with Gasteiger partial charge in [0, 0.05) is 0 Å². The van der Waals surface area contributed by atoms with Crippen LogP contribution in [-0.2, 0) is 0 Å². The van der Waals surface area contributed by atoms with Gasteiger partial charge in [-0.25, -0.2) is 0 Å². The third kappa shape index (κ3) is 2.55. The van der Waals surface area contributed by atoms with Crippen molar-refractivity contribution in [2.24, 2.45) is 11.3 Å². The smallest absolute Gasteiger partial charge is 0.0178 e. The van der Waals surface area contributed by atoms with Gasteiger partial charge in [-0.15, -0.1) is 0 Å². The van der Waals surface area contributed by atoms with Crippen LogP contribution in [0.2, 0.25) is 0 Å². The Morgan fingerprint density at radius 2 is 2.12 bits per heavy atom. The summed E-state index contributed by atoms with van der Waals surface area (Å²) in [6.07, 6.45) is 6.21. The summed E-state index contributed by atoms with van der Waals surface area (Å²) < 4.78 is 0. The molecule has 2 rings (SSSR count). The Morgan fingerprint density at radius 1 is 1.31 bits per heavy atom. The van der Waals surface area contributed by atoms with Gasteiger partial charge in [-0.2, -0.15) is 0 Å². The molecule has 0 heteroatoms. The van der Waals surface area contributed by atoms with Crippen LogP contribution in [0.4, 0.5) is 0 Å². The molecular weight excluding hydrogens is 192 g/mol. The molecule has 1 unspecified atom stereocenters. The predicted octanol–water partition coefficient (Wildman–Crippen LogP) is 4.72. The van der Waals surface area contributed by atoms with E-state index in [0.29, 0.717) is 5.41 Å². The Morgan fingerprint density at radius 3 is 2.62 bits per heavy atom. The minimum atomic E-state index is 0.449. The van der Waals surface area contributed by atoms with Crippen molar-refractivity contribution in [2.45, 2.75) is 40.0 Å². The van der Waals surface area contributed by atoms with E-state index in [9.17, 15) is 0 Å². The standard InChI is InChI=1S/C16H21/c1-16(2,3)15-11-9-14(10-12-15)13-7-5-4-6-8-13/h4-5,7-9,15H,10-12H2,1-3H3. The first-order chi connectivity index (χ1) is 7.57. The monoisotopic (exact) mass is 213 g/mol. The van der Waals surface area contributed by atoms with Crippen molar-refractivity contribution in [3.05, 3.63) is 42.0 Å². The quantitative estimate of drug-likeness (QED) is 0.633. The van der Waals surface area contributed by atoms with Crippen LogP contribution in [0.15, 0.2) is 30.3 Å². The van der Waals surface area contributed by atoms with Crippen molar-refractivity contribution in [3.8, 4) is 0 Å². The highest BCUT2D eigenvalue weighted by atomic mass is 14.3. The summed E-state index contributed by atoms with van der Waals surface area (Å²) in [7, 11) is 0. The van der Waals surface area contributed by atoms with E-state index in [1.165, 1.54) is 30.4 Å². The van der Waals surface area contributed by atoms with Crippen molar-refractivity contribution in [1.82, 2.24) is 0 Å². The molecular formula is C16H21. The topological polar surface area (TPSA) is 0 Å². The van der Waals surface area contributed by atoms with E-state index in [2.05, 4.69) is 51.1 Å². The molecule has 0 aliphatic heterocycles. The van der Waals surface area contributed by atoms with Crippen LogP contribution < -0.4 is 0 Å². The summed E-state index contributed by atoms with van der Waals surface area (Å²) >= 11 is 0. The molecule has 0 nitrogen and oxygen atoms in total. The summed E-state index contributed by atoms with van der Waals surface area (Å²) in [6.45, 7) is 7.06. The molecule has 1 aromatic rings. The average molecular weight is 213 g/mol. The molecule has 1 aliphatic rings. The second-order valence-corrected chi connectivity index (χ2v) is 5.86. The lowest BCUT2D eigenvalue weighted by Crippen LogP contribution is -2.21. The van der Waals surface area contributed by atoms with Gasteiger partial charge in [0.1, 0.15) is 0 Å². The lowest BCUT2D eigenvalue weighted by molar-refractivity contribution is 0.225. The van der Waals surface area contributed by atoms with Gasteiger partial charge in [0.2, 0.25) is 0 Å². The van der Waals surface area contributed by atoms with Gasteiger partial charge in [0.15, 0.2) is 0 Å². The molecule has 0 fully saturated rings. The first-order valence-electron chi connectivity index (χ1n) is 6.23. The summed E-state index contributed by atoms with van der Waals surface area (Å²) in [4.78, 5) is 0. The molecule has 0 N–H and O–H groups in total. The van der Waals surface area contributed by atoms with Gasteiger partial charge in [0.05, 0.1) is 0 Å². The molecule has 0 bridgehead atoms. The van der Waals surface area contributed by atoms with Crippen LogP contribution in [0.5, 0.6) is 0 Å². The lowest BCUT2D eigenvalue weighted by Gasteiger charge is -2.33. The van der Waals surface area contributed by atoms with Gasteiger partial charge in [-0.3, -0.25) is 0 Å². The summed E-state index contributed by atoms with van der Waals surface area (Å²) in [6, 6.07) is 11.5. The third-order valence-electron chi connectivity index (χ3n) is 3.71. The Labute approximate surface area is 99.4 Å². The van der Waals surface area contributed by atoms with E-state index in [-0.39, 0.29) is 0 Å². The SMILES string of the molecule is CC(C)(C)C1CC=C(c2c[c]ccc2)CC1. The molecule has 16 heavy (non-hydrogen) atoms. The molecule has 1 radical (unpaired) electrons. The number of hydrogen-bond acceptors (Lipinski definition) is 0. The van der Waals surface area contributed by atoms with Crippen LogP contribution in [0.25, 0.3) is 5.57 Å². The second kappa shape index (κ2) is 4.45. The van der Waals surface area contributed by atoms with E-state index in [1.54, 1.807) is 0 Å². The zero-order valence-electron chi connectivity index (χ0n) is 10.6. The van der Waals surface area contributed by atoms with Gasteiger partial charge >= 0.3 is 0 Å². The average Bonchev–Trinajstić information content (AvgIpc) is 2.29. The highest BCUT2D eigenvalue weighted by Gasteiger charge is 2.26. The largest absolute Gasteiger partial charge is 0.0804 e. The van der Waals surface area contributed by atoms with Crippen molar-refractivity contribution in [3.63, 3.8) is 0 Å². The predicted molar refractivity (Wildman–Crippen MR) is 70.1 cm³/mol. The summed E-state index contributed by atoms with van der Waals surface area (Å²) in [5.41, 5.74) is 3.32. The van der Waals surface area contributed by atoms with Gasteiger partial charge in [-0.05, 0) is 53.9 Å². The Hall–Kier alpha value is -1.04. The maximum absolute atomic E-state index is 3.16. The highest BCUT2D eigenvalue weighted by Crippen LogP contribution is 2.39. The van der Waals surface area contributed by atoms with Crippen LogP contribution in [0.1, 0.15) is 45.6 Å². The zero-order valence-corrected chi connectivity index (χ0v) is 10.6. The number of benzene rings is 1. The Bertz CT molecular complexity index is 365. The van der Waals surface area contributed by atoms with Gasteiger partial charge < -0.3 is 0 Å². The fourth-order valence-electron chi connectivity index (χ4n) is 2.48. The highest BCUT2D eigenvalue weighted by molar-refractivity contribution is 5.66. The van der Waals surface area contributed by atoms with Gasteiger partial charge in [0.25, 0.3) is 0 Å². The lowest BCUT2D eigenvalue weighted by atomic mass is 9.72. The van der Waals surface area contributed by atoms with Crippen molar-refractivity contribution in [2.75, 3.05) is 0 Å². The van der Waals surface area contributed by atoms with Crippen LogP contribution >= 0.6 is 0 Å². The van der Waals surface area contributed by atoms with Crippen molar-refractivity contribution >= 4 is 5.57 Å². The molecule has 0 heterocycles. The molecule has 0 saturated heterocycles. The van der Waals surface area contributed by atoms with E-state index in [1.807, 2.05) is 6.07 Å². The summed E-state index contributed by atoms with van der Waals surface area (Å²) in [5.74, 6) is 0.837. The molecule has 0 aromatic heterocycles. The van der Waals surface area contributed by atoms with E-state index in [0.717, 1.165) is 5.92 Å². The molecule has 0 saturated carbocycles. The molecule has 0 amide bonds. The van der Waals surface area contributed by atoms with Crippen LogP contribution in [0, 0.1) is 17.4 Å². The first-order valence-corrected chi connectivity index (χ1v) is 6.23. The Balaban J connectivity index is 2.10. The minimum absolute atomic E-state index is 0.449. The van der Waals surface area contributed by atoms with E-state index < -0.39 is 0 Å². The normalized spacial score (nSPS) is 21.7. The number of allylic oxidation sites excluding steroid dienone is 2. The maximum Gasteiger partial charge on any atom is -0.0178 e. The minimum Gasteiger partial charge on any atom is -0.0804 e. The number of rotatable bonds is 1. The van der Waals surface area contributed by atoms with Crippen LogP contribution in [-0.4, -0.2) is 0 Å². The molecule has 1 atom stereocenters. The maximum atomic E-state index is 3.16. The fraction of sp³-hybridized carbons (Fsp3) is 0.500.